The summed E-state index contributed by atoms with van der Waals surface area (Å²) in [5.41, 5.74) is 1.09. The van der Waals surface area contributed by atoms with Crippen molar-refractivity contribution in [2.75, 3.05) is 7.05 Å². The fourth-order valence-corrected chi connectivity index (χ4v) is 0.982. The summed E-state index contributed by atoms with van der Waals surface area (Å²) in [7, 11) is 1.79. The summed E-state index contributed by atoms with van der Waals surface area (Å²) in [5.74, 6) is 0. The first kappa shape index (κ1) is 7.32. The van der Waals surface area contributed by atoms with E-state index in [0.717, 1.165) is 5.70 Å². The number of rotatable bonds is 3. The van der Waals surface area contributed by atoms with Crippen LogP contribution in [-0.2, 0) is 0 Å². The number of hydrogen-bond acceptors (Lipinski definition) is 1. The molecule has 0 saturated heterocycles. The van der Waals surface area contributed by atoms with Crippen LogP contribution >= 0.6 is 0 Å². The summed E-state index contributed by atoms with van der Waals surface area (Å²) in [6.07, 6.45) is 4.44. The molecule has 1 aliphatic carbocycles. The van der Waals surface area contributed by atoms with Crippen LogP contribution in [0.25, 0.3) is 0 Å². The molecule has 10 heavy (non-hydrogen) atoms. The summed E-state index contributed by atoms with van der Waals surface area (Å²) >= 11 is 0. The zero-order valence-electron chi connectivity index (χ0n) is 6.67. The van der Waals surface area contributed by atoms with E-state index in [9.17, 15) is 0 Å². The Morgan fingerprint density at radius 2 is 2.30 bits per heavy atom. The first-order valence-electron chi connectivity index (χ1n) is 3.62. The van der Waals surface area contributed by atoms with Crippen LogP contribution in [0.15, 0.2) is 17.3 Å². The van der Waals surface area contributed by atoms with E-state index in [-0.39, 0.29) is 0 Å². The Labute approximate surface area is 62.3 Å². The average molecular weight is 138 g/mol. The van der Waals surface area contributed by atoms with Gasteiger partial charge in [-0.1, -0.05) is 6.58 Å². The third-order valence-electron chi connectivity index (χ3n) is 1.62. The maximum absolute atomic E-state index is 3.96. The van der Waals surface area contributed by atoms with Crippen molar-refractivity contribution in [3.8, 4) is 0 Å². The highest BCUT2D eigenvalue weighted by Gasteiger charge is 2.27. The van der Waals surface area contributed by atoms with Crippen LogP contribution in [0.1, 0.15) is 19.8 Å². The molecule has 0 unspecified atom stereocenters. The van der Waals surface area contributed by atoms with Crippen molar-refractivity contribution in [2.45, 2.75) is 25.8 Å². The highest BCUT2D eigenvalue weighted by molar-refractivity contribution is 5.58. The van der Waals surface area contributed by atoms with Gasteiger partial charge in [0, 0.05) is 18.8 Å². The van der Waals surface area contributed by atoms with E-state index in [4.69, 9.17) is 0 Å². The predicted molar refractivity (Wildman–Crippen MR) is 44.1 cm³/mol. The summed E-state index contributed by atoms with van der Waals surface area (Å²) < 4.78 is 0. The average Bonchev–Trinajstić information content (AvgIpc) is 2.63. The van der Waals surface area contributed by atoms with Crippen molar-refractivity contribution in [2.24, 2.45) is 4.99 Å². The van der Waals surface area contributed by atoms with Gasteiger partial charge in [0.15, 0.2) is 0 Å². The molecule has 0 aromatic heterocycles. The molecular weight excluding hydrogens is 124 g/mol. The van der Waals surface area contributed by atoms with E-state index in [1.807, 2.05) is 13.3 Å². The third-order valence-corrected chi connectivity index (χ3v) is 1.62. The largest absolute Gasteiger partial charge is 0.334 e. The Morgan fingerprint density at radius 3 is 2.60 bits per heavy atom. The minimum Gasteiger partial charge on any atom is -0.334 e. The third kappa shape index (κ3) is 1.59. The van der Waals surface area contributed by atoms with Gasteiger partial charge in [-0.15, -0.1) is 0 Å². The fraction of sp³-hybridized carbons (Fsp3) is 0.625. The lowest BCUT2D eigenvalue weighted by Crippen LogP contribution is -2.21. The van der Waals surface area contributed by atoms with E-state index in [1.54, 1.807) is 7.05 Å². The van der Waals surface area contributed by atoms with Crippen molar-refractivity contribution in [1.29, 1.82) is 0 Å². The SMILES string of the molecule is C=C(C)N(C=NC)C1CC1. The van der Waals surface area contributed by atoms with Crippen LogP contribution in [0.3, 0.4) is 0 Å². The molecule has 56 valence electrons. The van der Waals surface area contributed by atoms with Gasteiger partial charge in [0.25, 0.3) is 0 Å². The molecule has 1 fully saturated rings. The second kappa shape index (κ2) is 2.86. The smallest absolute Gasteiger partial charge is 0.0890 e. The van der Waals surface area contributed by atoms with Gasteiger partial charge >= 0.3 is 0 Å². The van der Waals surface area contributed by atoms with Crippen molar-refractivity contribution in [3.05, 3.63) is 12.3 Å². The van der Waals surface area contributed by atoms with Crippen molar-refractivity contribution >= 4 is 6.34 Å². The van der Waals surface area contributed by atoms with Gasteiger partial charge in [0.2, 0.25) is 0 Å². The van der Waals surface area contributed by atoms with E-state index in [1.165, 1.54) is 12.8 Å². The summed E-state index contributed by atoms with van der Waals surface area (Å²) in [6, 6.07) is 0.696. The maximum atomic E-state index is 3.96. The molecule has 0 atom stereocenters. The number of aliphatic imine (C=N–C) groups is 1. The Bertz CT molecular complexity index is 157. The zero-order valence-corrected chi connectivity index (χ0v) is 6.67. The molecule has 0 amide bonds. The predicted octanol–water partition coefficient (Wildman–Crippen LogP) is 1.64. The first-order chi connectivity index (χ1) is 4.75. The highest BCUT2D eigenvalue weighted by atomic mass is 15.2. The molecule has 1 saturated carbocycles. The Morgan fingerprint density at radius 1 is 1.70 bits per heavy atom. The lowest BCUT2D eigenvalue weighted by Gasteiger charge is -2.17. The lowest BCUT2D eigenvalue weighted by atomic mass is 10.4. The molecule has 0 radical (unpaired) electrons. The van der Waals surface area contributed by atoms with E-state index < -0.39 is 0 Å². The standard InChI is InChI=1S/C8H14N2/c1-7(2)10(6-9-3)8-4-5-8/h6,8H,1,4-5H2,2-3H3. The van der Waals surface area contributed by atoms with Crippen LogP contribution in [0, 0.1) is 0 Å². The van der Waals surface area contributed by atoms with E-state index >= 15 is 0 Å². The lowest BCUT2D eigenvalue weighted by molar-refractivity contribution is 0.520. The van der Waals surface area contributed by atoms with E-state index in [2.05, 4.69) is 16.5 Å². The molecular formula is C8H14N2. The Balaban J connectivity index is 2.49. The van der Waals surface area contributed by atoms with Gasteiger partial charge in [-0.3, -0.25) is 4.99 Å². The van der Waals surface area contributed by atoms with Crippen LogP contribution in [0.5, 0.6) is 0 Å². The summed E-state index contributed by atoms with van der Waals surface area (Å²) in [5, 5.41) is 0. The van der Waals surface area contributed by atoms with Crippen LogP contribution in [0.4, 0.5) is 0 Å². The monoisotopic (exact) mass is 138 g/mol. The Kier molecular flexibility index (Phi) is 2.10. The molecule has 0 heterocycles. The molecule has 0 spiro atoms. The van der Waals surface area contributed by atoms with Crippen molar-refractivity contribution in [3.63, 3.8) is 0 Å². The quantitative estimate of drug-likeness (QED) is 0.427. The Hall–Kier alpha value is -0.790. The van der Waals surface area contributed by atoms with Gasteiger partial charge in [-0.2, -0.15) is 0 Å². The molecule has 0 N–H and O–H groups in total. The first-order valence-corrected chi connectivity index (χ1v) is 3.62. The molecule has 0 aromatic rings. The van der Waals surface area contributed by atoms with Crippen LogP contribution < -0.4 is 0 Å². The number of nitrogens with zero attached hydrogens (tertiary/aromatic N) is 2. The summed E-state index contributed by atoms with van der Waals surface area (Å²) in [4.78, 5) is 6.10. The number of allylic oxidation sites excluding steroid dienone is 1. The van der Waals surface area contributed by atoms with Gasteiger partial charge < -0.3 is 4.90 Å². The molecule has 1 aliphatic rings. The highest BCUT2D eigenvalue weighted by Crippen LogP contribution is 2.27. The molecule has 2 heteroatoms. The molecule has 0 aliphatic heterocycles. The topological polar surface area (TPSA) is 15.6 Å². The van der Waals surface area contributed by atoms with Crippen molar-refractivity contribution < 1.29 is 0 Å². The van der Waals surface area contributed by atoms with Gasteiger partial charge in [-0.05, 0) is 19.8 Å². The summed E-state index contributed by atoms with van der Waals surface area (Å²) in [6.45, 7) is 5.88. The van der Waals surface area contributed by atoms with Crippen LogP contribution in [0.2, 0.25) is 0 Å². The minimum absolute atomic E-state index is 0.696. The van der Waals surface area contributed by atoms with Crippen LogP contribution in [-0.4, -0.2) is 24.3 Å². The maximum Gasteiger partial charge on any atom is 0.0890 e. The molecule has 0 aromatic carbocycles. The second-order valence-electron chi connectivity index (χ2n) is 2.75. The van der Waals surface area contributed by atoms with E-state index in [0.29, 0.717) is 6.04 Å². The van der Waals surface area contributed by atoms with Crippen molar-refractivity contribution in [1.82, 2.24) is 4.90 Å². The molecule has 0 bridgehead atoms. The van der Waals surface area contributed by atoms with Gasteiger partial charge in [-0.25, -0.2) is 0 Å². The molecule has 2 nitrogen and oxygen atoms in total. The second-order valence-corrected chi connectivity index (χ2v) is 2.75. The number of hydrogen-bond donors (Lipinski definition) is 0. The zero-order chi connectivity index (χ0) is 7.56. The fourth-order valence-electron chi connectivity index (χ4n) is 0.982. The normalized spacial score (nSPS) is 17.8. The molecule has 1 rings (SSSR count). The van der Waals surface area contributed by atoms with Gasteiger partial charge in [0.05, 0.1) is 6.34 Å². The minimum atomic E-state index is 0.696. The van der Waals surface area contributed by atoms with Gasteiger partial charge in [0.1, 0.15) is 0 Å².